The molecule has 0 amide bonds. The maximum Gasteiger partial charge on any atom is 0.340 e. The highest BCUT2D eigenvalue weighted by Gasteiger charge is 2.15. The fourth-order valence-corrected chi connectivity index (χ4v) is 3.47. The van der Waals surface area contributed by atoms with Crippen LogP contribution in [0.2, 0.25) is 0 Å². The second kappa shape index (κ2) is 7.56. The predicted octanol–water partition coefficient (Wildman–Crippen LogP) is 4.02. The van der Waals surface area contributed by atoms with Crippen LogP contribution in [-0.4, -0.2) is 38.0 Å². The number of ether oxygens (including phenoxy) is 1. The van der Waals surface area contributed by atoms with Crippen LogP contribution in [0.15, 0.2) is 66.9 Å². The minimum absolute atomic E-state index is 0.121. The van der Waals surface area contributed by atoms with E-state index in [0.717, 1.165) is 16.5 Å². The summed E-state index contributed by atoms with van der Waals surface area (Å²) in [7, 11) is 1.21. The summed E-state index contributed by atoms with van der Waals surface area (Å²) < 4.78 is 20.7. The first-order valence-electron chi connectivity index (χ1n) is 9.54. The number of carbonyl (C=O) groups is 1. The predicted molar refractivity (Wildman–Crippen MR) is 113 cm³/mol. The van der Waals surface area contributed by atoms with Crippen molar-refractivity contribution in [2.75, 3.05) is 7.11 Å². The van der Waals surface area contributed by atoms with Gasteiger partial charge in [0.25, 0.3) is 0 Å². The van der Waals surface area contributed by atoms with Crippen molar-refractivity contribution in [2.24, 2.45) is 0 Å². The van der Waals surface area contributed by atoms with Crippen LogP contribution in [0.1, 0.15) is 15.9 Å². The van der Waals surface area contributed by atoms with Gasteiger partial charge in [-0.15, -0.1) is 5.10 Å². The third kappa shape index (κ3) is 3.48. The fourth-order valence-electron chi connectivity index (χ4n) is 3.47. The Morgan fingerprint density at radius 1 is 1.06 bits per heavy atom. The molecular weight excluding hydrogens is 397 g/mol. The lowest BCUT2D eigenvalue weighted by Gasteiger charge is -2.07. The second-order valence-corrected chi connectivity index (χ2v) is 7.00. The number of methoxy groups -OCH3 is 1. The van der Waals surface area contributed by atoms with Crippen LogP contribution in [-0.2, 0) is 11.3 Å². The van der Waals surface area contributed by atoms with Crippen molar-refractivity contribution in [3.63, 3.8) is 0 Å². The maximum atomic E-state index is 14.4. The van der Waals surface area contributed by atoms with Gasteiger partial charge in [0.1, 0.15) is 11.3 Å². The molecule has 0 saturated carbocycles. The van der Waals surface area contributed by atoms with Crippen LogP contribution in [0.4, 0.5) is 4.39 Å². The average Bonchev–Trinajstić information content (AvgIpc) is 3.20. The molecule has 0 unspecified atom stereocenters. The minimum Gasteiger partial charge on any atom is -0.465 e. The van der Waals surface area contributed by atoms with Crippen LogP contribution in [0, 0.1) is 5.82 Å². The van der Waals surface area contributed by atoms with Crippen molar-refractivity contribution in [3.8, 4) is 11.3 Å². The van der Waals surface area contributed by atoms with E-state index in [1.165, 1.54) is 19.2 Å². The van der Waals surface area contributed by atoms with Crippen LogP contribution in [0.25, 0.3) is 33.3 Å². The fraction of sp³-hybridized carbons (Fsp3) is 0.0870. The molecule has 3 aromatic heterocycles. The highest BCUT2D eigenvalue weighted by Crippen LogP contribution is 2.23. The molecule has 0 atom stereocenters. The van der Waals surface area contributed by atoms with E-state index in [1.54, 1.807) is 29.1 Å². The quantitative estimate of drug-likeness (QED) is 0.414. The summed E-state index contributed by atoms with van der Waals surface area (Å²) in [5, 5.41) is 9.45. The summed E-state index contributed by atoms with van der Waals surface area (Å²) in [5.74, 6) is -1.39. The van der Waals surface area contributed by atoms with E-state index in [9.17, 15) is 9.18 Å². The number of hydrogen-bond acceptors (Lipinski definition) is 6. The van der Waals surface area contributed by atoms with Crippen LogP contribution in [0.5, 0.6) is 0 Å². The number of hydrogen-bond donors (Lipinski definition) is 0. The summed E-state index contributed by atoms with van der Waals surface area (Å²) in [6.45, 7) is 0.480. The van der Waals surface area contributed by atoms with E-state index in [1.807, 2.05) is 24.3 Å². The highest BCUT2D eigenvalue weighted by molar-refractivity contribution is 5.90. The minimum atomic E-state index is -0.722. The number of fused-ring (bicyclic) bond motifs is 2. The van der Waals surface area contributed by atoms with Gasteiger partial charge in [0, 0.05) is 17.1 Å². The Labute approximate surface area is 176 Å². The normalized spacial score (nSPS) is 11.2. The number of benzene rings is 2. The molecule has 0 fully saturated rings. The van der Waals surface area contributed by atoms with Gasteiger partial charge in [-0.2, -0.15) is 0 Å². The number of esters is 1. The van der Waals surface area contributed by atoms with Crippen molar-refractivity contribution in [1.29, 1.82) is 0 Å². The zero-order valence-corrected chi connectivity index (χ0v) is 16.5. The van der Waals surface area contributed by atoms with E-state index in [4.69, 9.17) is 0 Å². The molecule has 0 radical (unpaired) electrons. The highest BCUT2D eigenvalue weighted by atomic mass is 19.1. The van der Waals surface area contributed by atoms with E-state index in [-0.39, 0.29) is 5.56 Å². The van der Waals surface area contributed by atoms with Crippen molar-refractivity contribution in [3.05, 3.63) is 83.8 Å². The average molecular weight is 413 g/mol. The first-order chi connectivity index (χ1) is 15.1. The number of carbonyl (C=O) groups excluding carboxylic acids is 1. The van der Waals surface area contributed by atoms with Gasteiger partial charge >= 0.3 is 5.97 Å². The van der Waals surface area contributed by atoms with E-state index in [0.29, 0.717) is 29.0 Å². The Morgan fingerprint density at radius 2 is 1.94 bits per heavy atom. The first kappa shape index (κ1) is 18.8. The topological polar surface area (TPSA) is 82.8 Å². The van der Waals surface area contributed by atoms with Crippen LogP contribution >= 0.6 is 0 Å². The first-order valence-corrected chi connectivity index (χ1v) is 9.54. The zero-order valence-electron chi connectivity index (χ0n) is 16.5. The summed E-state index contributed by atoms with van der Waals surface area (Å²) in [4.78, 5) is 20.6. The molecule has 8 heteroatoms. The lowest BCUT2D eigenvalue weighted by Crippen LogP contribution is -2.05. The van der Waals surface area contributed by atoms with Crippen molar-refractivity contribution >= 4 is 28.0 Å². The molecule has 0 aliphatic heterocycles. The molecule has 152 valence electrons. The number of rotatable bonds is 4. The molecule has 7 nitrogen and oxygen atoms in total. The molecule has 0 aliphatic rings. The van der Waals surface area contributed by atoms with Gasteiger partial charge in [-0.1, -0.05) is 23.4 Å². The Morgan fingerprint density at radius 3 is 2.77 bits per heavy atom. The van der Waals surface area contributed by atoms with Gasteiger partial charge in [-0.25, -0.2) is 18.9 Å². The van der Waals surface area contributed by atoms with Crippen LogP contribution < -0.4 is 0 Å². The standard InChI is InChI=1S/C23H16FN5O2/c1-31-23(30)17-6-5-16(12-18(17)24)20-8-9-21-22(26-20)29(28-27-21)13-14-4-7-19-15(11-14)3-2-10-25-19/h2-12H,13H2,1H3. The van der Waals surface area contributed by atoms with Gasteiger partial charge in [-0.05, 0) is 48.0 Å². The SMILES string of the molecule is COC(=O)c1ccc(-c2ccc3nnn(Cc4ccc5ncccc5c4)c3n2)cc1F. The smallest absolute Gasteiger partial charge is 0.340 e. The maximum absolute atomic E-state index is 14.4. The summed E-state index contributed by atoms with van der Waals surface area (Å²) >= 11 is 0. The van der Waals surface area contributed by atoms with Gasteiger partial charge in [0.2, 0.25) is 0 Å². The van der Waals surface area contributed by atoms with Crippen molar-refractivity contribution < 1.29 is 13.9 Å². The molecule has 0 bridgehead atoms. The molecule has 0 N–H and O–H groups in total. The third-order valence-corrected chi connectivity index (χ3v) is 5.03. The zero-order chi connectivity index (χ0) is 21.4. The van der Waals surface area contributed by atoms with E-state index in [2.05, 4.69) is 31.1 Å². The molecule has 0 spiro atoms. The Bertz CT molecular complexity index is 1450. The van der Waals surface area contributed by atoms with Gasteiger partial charge in [0.15, 0.2) is 5.65 Å². The van der Waals surface area contributed by atoms with Gasteiger partial charge in [-0.3, -0.25) is 4.98 Å². The number of pyridine rings is 2. The Balaban J connectivity index is 1.51. The van der Waals surface area contributed by atoms with Crippen LogP contribution in [0.3, 0.4) is 0 Å². The monoisotopic (exact) mass is 413 g/mol. The Hall–Kier alpha value is -4.20. The molecule has 0 saturated heterocycles. The summed E-state index contributed by atoms with van der Waals surface area (Å²) in [6.07, 6.45) is 1.76. The van der Waals surface area contributed by atoms with Crippen molar-refractivity contribution in [1.82, 2.24) is 25.0 Å². The summed E-state index contributed by atoms with van der Waals surface area (Å²) in [6, 6.07) is 17.7. The molecule has 3 heterocycles. The van der Waals surface area contributed by atoms with Gasteiger partial charge in [0.05, 0.1) is 30.4 Å². The van der Waals surface area contributed by atoms with E-state index >= 15 is 0 Å². The number of nitrogens with zero attached hydrogens (tertiary/aromatic N) is 5. The van der Waals surface area contributed by atoms with E-state index < -0.39 is 11.8 Å². The molecule has 5 rings (SSSR count). The second-order valence-electron chi connectivity index (χ2n) is 7.00. The third-order valence-electron chi connectivity index (χ3n) is 5.03. The summed E-state index contributed by atoms with van der Waals surface area (Å²) in [5.41, 5.74) is 4.15. The molecular formula is C23H16FN5O2. The lowest BCUT2D eigenvalue weighted by atomic mass is 10.1. The van der Waals surface area contributed by atoms with Crippen molar-refractivity contribution in [2.45, 2.75) is 6.54 Å². The molecule has 0 aliphatic carbocycles. The number of halogens is 1. The number of aromatic nitrogens is 5. The molecule has 5 aromatic rings. The molecule has 2 aromatic carbocycles. The lowest BCUT2D eigenvalue weighted by molar-refractivity contribution is 0.0595. The van der Waals surface area contributed by atoms with Gasteiger partial charge < -0.3 is 4.74 Å². The molecule has 31 heavy (non-hydrogen) atoms. The largest absolute Gasteiger partial charge is 0.465 e. The Kier molecular flexibility index (Phi) is 4.59.